The number of para-hydroxylation sites is 2. The summed E-state index contributed by atoms with van der Waals surface area (Å²) in [6, 6.07) is 15.2. The summed E-state index contributed by atoms with van der Waals surface area (Å²) >= 11 is 0. The molecule has 0 aliphatic carbocycles. The second-order valence-electron chi connectivity index (χ2n) is 10.6. The molecule has 0 unspecified atom stereocenters. The number of nitrogen functional groups attached to an aromatic ring is 1. The molecule has 0 radical (unpaired) electrons. The van der Waals surface area contributed by atoms with Crippen LogP contribution in [0.5, 0.6) is 5.75 Å². The number of rotatable bonds is 16. The zero-order valence-corrected chi connectivity index (χ0v) is 26.4. The molecule has 2 heterocycles. The van der Waals surface area contributed by atoms with Gasteiger partial charge in [-0.3, -0.25) is 9.32 Å². The van der Waals surface area contributed by atoms with Crippen LogP contribution in [-0.4, -0.2) is 45.9 Å². The van der Waals surface area contributed by atoms with E-state index >= 15 is 0 Å². The van der Waals surface area contributed by atoms with Crippen molar-refractivity contribution in [3.8, 4) is 5.75 Å². The van der Waals surface area contributed by atoms with Gasteiger partial charge in [-0.25, -0.2) is 14.5 Å². The van der Waals surface area contributed by atoms with Crippen LogP contribution in [0.2, 0.25) is 0 Å². The normalized spacial score (nSPS) is 14.6. The van der Waals surface area contributed by atoms with Crippen molar-refractivity contribution in [1.29, 1.82) is 0 Å². The van der Waals surface area contributed by atoms with Crippen LogP contribution < -0.4 is 15.3 Å². The zero-order chi connectivity index (χ0) is 31.0. The van der Waals surface area contributed by atoms with E-state index in [1.807, 2.05) is 37.3 Å². The van der Waals surface area contributed by atoms with Crippen LogP contribution >= 0.6 is 7.75 Å². The second kappa shape index (κ2) is 14.8. The standard InChI is InChI=1S/C31H42N5O6P/c1-6-8-14-23(19-40-43(38,42-24-15-10-9-11-16-24)35-22(5)31(37)41-21(3)4)36-27(20-39-7-2)34-28-29(36)25-17-12-13-18-26(25)33-30(28)32/h9-13,15-18,21-23H,6-8,14,19-20H2,1-5H3,(H2,32,33)(H,35,38)/t22-,23-,43-/m0/s1. The fourth-order valence-electron chi connectivity index (χ4n) is 4.80. The molecule has 0 bridgehead atoms. The summed E-state index contributed by atoms with van der Waals surface area (Å²) in [6.45, 7) is 9.83. The molecule has 0 spiro atoms. The van der Waals surface area contributed by atoms with E-state index in [1.165, 1.54) is 0 Å². The summed E-state index contributed by atoms with van der Waals surface area (Å²) in [4.78, 5) is 22.1. The Labute approximate surface area is 252 Å². The van der Waals surface area contributed by atoms with Gasteiger partial charge >= 0.3 is 13.7 Å². The molecule has 4 rings (SSSR count). The molecule has 2 aromatic carbocycles. The lowest BCUT2D eigenvalue weighted by Crippen LogP contribution is -2.36. The summed E-state index contributed by atoms with van der Waals surface area (Å²) in [5, 5.41) is 3.67. The fourth-order valence-corrected chi connectivity index (χ4v) is 6.33. The number of unbranched alkanes of at least 4 members (excludes halogenated alkanes) is 1. The Morgan fingerprint density at radius 1 is 1.05 bits per heavy atom. The van der Waals surface area contributed by atoms with Crippen LogP contribution in [-0.2, 0) is 30.0 Å². The molecule has 12 heteroatoms. The van der Waals surface area contributed by atoms with Crippen molar-refractivity contribution in [1.82, 2.24) is 19.6 Å². The number of pyridine rings is 1. The molecule has 0 fully saturated rings. The van der Waals surface area contributed by atoms with Gasteiger partial charge in [0.05, 0.1) is 29.8 Å². The van der Waals surface area contributed by atoms with E-state index in [9.17, 15) is 9.36 Å². The predicted octanol–water partition coefficient (Wildman–Crippen LogP) is 6.57. The highest BCUT2D eigenvalue weighted by molar-refractivity contribution is 7.52. The van der Waals surface area contributed by atoms with Gasteiger partial charge in [-0.1, -0.05) is 56.2 Å². The number of fused-ring (bicyclic) bond motifs is 3. The number of nitrogens with two attached hydrogens (primary N) is 1. The number of hydrogen-bond donors (Lipinski definition) is 2. The van der Waals surface area contributed by atoms with Crippen LogP contribution in [0.3, 0.4) is 0 Å². The Morgan fingerprint density at radius 2 is 1.77 bits per heavy atom. The first-order chi connectivity index (χ1) is 20.7. The second-order valence-corrected chi connectivity index (χ2v) is 12.3. The number of nitrogens with zero attached hydrogens (tertiary/aromatic N) is 3. The van der Waals surface area contributed by atoms with E-state index in [2.05, 4.69) is 21.6 Å². The maximum absolute atomic E-state index is 14.3. The lowest BCUT2D eigenvalue weighted by Gasteiger charge is -2.27. The van der Waals surface area contributed by atoms with Gasteiger partial charge in [-0.05, 0) is 52.3 Å². The molecule has 0 saturated heterocycles. The largest absolute Gasteiger partial charge is 0.462 e. The lowest BCUT2D eigenvalue weighted by atomic mass is 10.1. The zero-order valence-electron chi connectivity index (χ0n) is 25.5. The van der Waals surface area contributed by atoms with Gasteiger partial charge in [0.2, 0.25) is 0 Å². The quantitative estimate of drug-likeness (QED) is 0.106. The Bertz CT molecular complexity index is 1560. The highest BCUT2D eigenvalue weighted by atomic mass is 31.2. The summed E-state index contributed by atoms with van der Waals surface area (Å²) in [5.41, 5.74) is 8.52. The molecule has 232 valence electrons. The maximum Gasteiger partial charge on any atom is 0.459 e. The Morgan fingerprint density at radius 3 is 2.47 bits per heavy atom. The molecule has 43 heavy (non-hydrogen) atoms. The third-order valence-corrected chi connectivity index (χ3v) is 8.42. The summed E-state index contributed by atoms with van der Waals surface area (Å²) in [5.74, 6) is 0.750. The van der Waals surface area contributed by atoms with Gasteiger partial charge in [-0.2, -0.15) is 5.09 Å². The molecule has 4 aromatic rings. The van der Waals surface area contributed by atoms with Gasteiger partial charge in [0.25, 0.3) is 0 Å². The van der Waals surface area contributed by atoms with Crippen molar-refractivity contribution in [3.63, 3.8) is 0 Å². The number of benzene rings is 2. The number of hydrogen-bond acceptors (Lipinski definition) is 9. The lowest BCUT2D eigenvalue weighted by molar-refractivity contribution is -0.149. The number of ether oxygens (including phenoxy) is 2. The minimum Gasteiger partial charge on any atom is -0.462 e. The Kier molecular flexibility index (Phi) is 11.2. The highest BCUT2D eigenvalue weighted by Gasteiger charge is 2.34. The molecule has 0 aliphatic rings. The molecule has 2 aromatic heterocycles. The monoisotopic (exact) mass is 611 g/mol. The first-order valence-electron chi connectivity index (χ1n) is 14.8. The maximum atomic E-state index is 14.3. The number of nitrogens with one attached hydrogen (secondary N) is 1. The summed E-state index contributed by atoms with van der Waals surface area (Å²) in [7, 11) is -4.09. The molecular formula is C31H42N5O6P. The van der Waals surface area contributed by atoms with Gasteiger partial charge in [0, 0.05) is 12.0 Å². The molecule has 3 atom stereocenters. The van der Waals surface area contributed by atoms with Crippen molar-refractivity contribution in [3.05, 3.63) is 60.4 Å². The minimum atomic E-state index is -4.09. The van der Waals surface area contributed by atoms with Crippen LogP contribution in [0.15, 0.2) is 54.6 Å². The smallest absolute Gasteiger partial charge is 0.459 e. The van der Waals surface area contributed by atoms with Crippen molar-refractivity contribution in [2.45, 2.75) is 78.7 Å². The van der Waals surface area contributed by atoms with E-state index in [1.54, 1.807) is 45.0 Å². The first-order valence-corrected chi connectivity index (χ1v) is 16.3. The van der Waals surface area contributed by atoms with Crippen LogP contribution in [0, 0.1) is 0 Å². The molecule has 11 nitrogen and oxygen atoms in total. The number of aromatic nitrogens is 3. The van der Waals surface area contributed by atoms with E-state index in [-0.39, 0.29) is 25.4 Å². The summed E-state index contributed by atoms with van der Waals surface area (Å²) in [6.07, 6.45) is 2.16. The van der Waals surface area contributed by atoms with Gasteiger partial charge in [-0.15, -0.1) is 0 Å². The van der Waals surface area contributed by atoms with Crippen molar-refractivity contribution < 1.29 is 27.9 Å². The first kappa shape index (κ1) is 32.4. The van der Waals surface area contributed by atoms with Crippen molar-refractivity contribution >= 4 is 41.5 Å². The topological polar surface area (TPSA) is 140 Å². The molecule has 0 amide bonds. The average molecular weight is 612 g/mol. The minimum absolute atomic E-state index is 0.00972. The predicted molar refractivity (Wildman–Crippen MR) is 168 cm³/mol. The summed E-state index contributed by atoms with van der Waals surface area (Å²) < 4.78 is 39.6. The van der Waals surface area contributed by atoms with Crippen molar-refractivity contribution in [2.75, 3.05) is 18.9 Å². The SMILES string of the molecule is CCCC[C@@H](CO[P@@](=O)(N[C@@H](C)C(=O)OC(C)C)Oc1ccccc1)n1c(COCC)nc2c(N)nc3ccccc3c21. The van der Waals surface area contributed by atoms with Crippen molar-refractivity contribution in [2.24, 2.45) is 0 Å². The van der Waals surface area contributed by atoms with Gasteiger partial charge in [0.15, 0.2) is 5.82 Å². The van der Waals surface area contributed by atoms with Crippen LogP contribution in [0.1, 0.15) is 65.7 Å². The number of imidazole rings is 1. The third-order valence-electron chi connectivity index (χ3n) is 6.78. The van der Waals surface area contributed by atoms with Gasteiger partial charge in [0.1, 0.15) is 29.7 Å². The molecular weight excluding hydrogens is 569 g/mol. The van der Waals surface area contributed by atoms with Gasteiger partial charge < -0.3 is 24.3 Å². The number of carbonyl (C=O) groups excluding carboxylic acids is 1. The Balaban J connectivity index is 1.76. The number of carbonyl (C=O) groups is 1. The molecule has 0 aliphatic heterocycles. The average Bonchev–Trinajstić information content (AvgIpc) is 3.36. The number of esters is 1. The number of anilines is 1. The van der Waals surface area contributed by atoms with Crippen LogP contribution in [0.4, 0.5) is 5.82 Å². The molecule has 3 N–H and O–H groups in total. The van der Waals surface area contributed by atoms with E-state index in [4.69, 9.17) is 29.2 Å². The van der Waals surface area contributed by atoms with E-state index in [0.717, 1.165) is 29.3 Å². The third kappa shape index (κ3) is 8.12. The van der Waals surface area contributed by atoms with Crippen LogP contribution in [0.25, 0.3) is 21.9 Å². The van der Waals surface area contributed by atoms with E-state index in [0.29, 0.717) is 35.9 Å². The Hall–Kier alpha value is -3.50. The fraction of sp³-hybridized carbons (Fsp3) is 0.452. The molecule has 0 saturated carbocycles. The highest BCUT2D eigenvalue weighted by Crippen LogP contribution is 2.46. The van der Waals surface area contributed by atoms with E-state index < -0.39 is 19.8 Å².